The Morgan fingerprint density at radius 1 is 1.29 bits per heavy atom. The summed E-state index contributed by atoms with van der Waals surface area (Å²) in [5.41, 5.74) is 0.626. The van der Waals surface area contributed by atoms with Crippen LogP contribution in [0.3, 0.4) is 0 Å². The molecule has 1 heterocycles. The third-order valence-electron chi connectivity index (χ3n) is 3.19. The topological polar surface area (TPSA) is 71.8 Å². The van der Waals surface area contributed by atoms with E-state index < -0.39 is 12.2 Å². The molecule has 7 heteroatoms. The van der Waals surface area contributed by atoms with Crippen LogP contribution in [0, 0.1) is 5.92 Å². The van der Waals surface area contributed by atoms with Crippen LogP contribution in [0.15, 0.2) is 6.07 Å². The largest absolute Gasteiger partial charge is 0.472 e. The Labute approximate surface area is 125 Å². The highest BCUT2D eigenvalue weighted by atomic mass is 16.7. The summed E-state index contributed by atoms with van der Waals surface area (Å²) in [6.07, 6.45) is -0.454. The van der Waals surface area contributed by atoms with E-state index in [0.29, 0.717) is 11.6 Å². The first-order chi connectivity index (χ1) is 9.94. The zero-order valence-corrected chi connectivity index (χ0v) is 13.5. The Morgan fingerprint density at radius 3 is 2.38 bits per heavy atom. The van der Waals surface area contributed by atoms with Gasteiger partial charge in [0.15, 0.2) is 6.29 Å². The van der Waals surface area contributed by atoms with Crippen LogP contribution >= 0.6 is 0 Å². The summed E-state index contributed by atoms with van der Waals surface area (Å²) in [5, 5.41) is 4.34. The summed E-state index contributed by atoms with van der Waals surface area (Å²) in [6.45, 7) is 4.13. The van der Waals surface area contributed by atoms with Gasteiger partial charge in [-0.25, -0.2) is 4.68 Å². The maximum absolute atomic E-state index is 11.9. The minimum absolute atomic E-state index is 0.0749. The number of aromatic nitrogens is 2. The lowest BCUT2D eigenvalue weighted by atomic mass is 9.93. The van der Waals surface area contributed by atoms with Gasteiger partial charge in [-0.2, -0.15) is 5.10 Å². The second-order valence-corrected chi connectivity index (χ2v) is 4.99. The number of ether oxygens (including phenoxy) is 4. The lowest BCUT2D eigenvalue weighted by Crippen LogP contribution is -2.22. The molecule has 0 fully saturated rings. The second-order valence-electron chi connectivity index (χ2n) is 4.99. The Morgan fingerprint density at radius 2 is 1.90 bits per heavy atom. The van der Waals surface area contributed by atoms with Crippen molar-refractivity contribution in [3.63, 3.8) is 0 Å². The summed E-state index contributed by atoms with van der Waals surface area (Å²) in [7, 11) is 6.21. The normalized spacial score (nSPS) is 12.8. The predicted molar refractivity (Wildman–Crippen MR) is 76.1 cm³/mol. The molecule has 0 aliphatic carbocycles. The van der Waals surface area contributed by atoms with Crippen molar-refractivity contribution >= 4 is 5.97 Å². The molecule has 1 aromatic rings. The molecule has 0 aliphatic rings. The predicted octanol–water partition coefficient (Wildman–Crippen LogP) is 1.33. The van der Waals surface area contributed by atoms with Crippen molar-refractivity contribution in [2.24, 2.45) is 13.0 Å². The molecule has 21 heavy (non-hydrogen) atoms. The Bertz CT molecular complexity index is 454. The number of aryl methyl sites for hydroxylation is 1. The third-order valence-corrected chi connectivity index (χ3v) is 3.19. The van der Waals surface area contributed by atoms with Crippen LogP contribution in [0.1, 0.15) is 25.5 Å². The molecular weight excluding hydrogens is 276 g/mol. The highest BCUT2D eigenvalue weighted by Gasteiger charge is 2.28. The molecule has 7 nitrogen and oxygen atoms in total. The molecule has 1 rings (SSSR count). The molecule has 0 spiro atoms. The number of carbonyl (C=O) groups excluding carboxylic acids is 1. The molecule has 0 aliphatic heterocycles. The van der Waals surface area contributed by atoms with Gasteiger partial charge in [0, 0.05) is 27.3 Å². The zero-order valence-electron chi connectivity index (χ0n) is 13.5. The fraction of sp³-hybridized carbons (Fsp3) is 0.714. The molecule has 1 atom stereocenters. The van der Waals surface area contributed by atoms with Crippen molar-refractivity contribution in [2.45, 2.75) is 26.1 Å². The van der Waals surface area contributed by atoms with Gasteiger partial charge in [-0.3, -0.25) is 4.79 Å². The van der Waals surface area contributed by atoms with Gasteiger partial charge >= 0.3 is 5.97 Å². The fourth-order valence-corrected chi connectivity index (χ4v) is 2.01. The van der Waals surface area contributed by atoms with E-state index in [2.05, 4.69) is 5.10 Å². The van der Waals surface area contributed by atoms with E-state index >= 15 is 0 Å². The van der Waals surface area contributed by atoms with Gasteiger partial charge in [-0.05, 0) is 5.92 Å². The van der Waals surface area contributed by atoms with Crippen LogP contribution in [0.25, 0.3) is 0 Å². The number of carbonyl (C=O) groups is 1. The molecule has 0 aromatic carbocycles. The van der Waals surface area contributed by atoms with Crippen LogP contribution < -0.4 is 4.74 Å². The summed E-state index contributed by atoms with van der Waals surface area (Å²) in [5.74, 6) is -0.106. The highest BCUT2D eigenvalue weighted by molar-refractivity contribution is 5.77. The Balaban J connectivity index is 2.87. The number of methoxy groups -OCH3 is 3. The van der Waals surface area contributed by atoms with Crippen molar-refractivity contribution in [2.75, 3.05) is 27.9 Å². The minimum Gasteiger partial charge on any atom is -0.472 e. The van der Waals surface area contributed by atoms with Gasteiger partial charge < -0.3 is 18.9 Å². The zero-order chi connectivity index (χ0) is 16.0. The van der Waals surface area contributed by atoms with Crippen molar-refractivity contribution in [3.05, 3.63) is 11.8 Å². The fourth-order valence-electron chi connectivity index (χ4n) is 2.01. The van der Waals surface area contributed by atoms with Crippen molar-refractivity contribution in [3.8, 4) is 5.88 Å². The lowest BCUT2D eigenvalue weighted by molar-refractivity contribution is -0.143. The molecule has 1 unspecified atom stereocenters. The standard InChI is InChI=1S/C14H24N2O5/c1-9(2)13(14(17)20-6)10-7-11(16(3)15-10)21-8-12(18-4)19-5/h7,9,12-13H,8H2,1-6H3. The molecule has 120 valence electrons. The van der Waals surface area contributed by atoms with Gasteiger partial charge in [0.05, 0.1) is 12.8 Å². The van der Waals surface area contributed by atoms with Crippen LogP contribution in [0.4, 0.5) is 0 Å². The summed E-state index contributed by atoms with van der Waals surface area (Å²) >= 11 is 0. The van der Waals surface area contributed by atoms with Gasteiger partial charge in [0.2, 0.25) is 5.88 Å². The molecular formula is C14H24N2O5. The van der Waals surface area contributed by atoms with E-state index in [4.69, 9.17) is 18.9 Å². The lowest BCUT2D eigenvalue weighted by Gasteiger charge is -2.15. The molecule has 0 saturated carbocycles. The molecule has 1 aromatic heterocycles. The third kappa shape index (κ3) is 4.44. The molecule has 0 amide bonds. The molecule has 0 N–H and O–H groups in total. The van der Waals surface area contributed by atoms with E-state index in [0.717, 1.165) is 0 Å². The van der Waals surface area contributed by atoms with E-state index in [1.165, 1.54) is 21.3 Å². The first-order valence-corrected chi connectivity index (χ1v) is 6.74. The Kier molecular flexibility index (Phi) is 6.64. The van der Waals surface area contributed by atoms with E-state index in [9.17, 15) is 4.79 Å². The van der Waals surface area contributed by atoms with Crippen molar-refractivity contribution in [1.82, 2.24) is 9.78 Å². The number of nitrogens with zero attached hydrogens (tertiary/aromatic N) is 2. The number of hydrogen-bond acceptors (Lipinski definition) is 6. The molecule has 0 saturated heterocycles. The van der Waals surface area contributed by atoms with Crippen LogP contribution in [-0.2, 0) is 26.1 Å². The SMILES string of the molecule is COC(=O)C(c1cc(OCC(OC)OC)n(C)n1)C(C)C. The highest BCUT2D eigenvalue weighted by Crippen LogP contribution is 2.27. The first kappa shape index (κ1) is 17.5. The van der Waals surface area contributed by atoms with Crippen LogP contribution in [-0.4, -0.2) is 50.0 Å². The van der Waals surface area contributed by atoms with Crippen LogP contribution in [0.5, 0.6) is 5.88 Å². The van der Waals surface area contributed by atoms with E-state index in [1.54, 1.807) is 17.8 Å². The first-order valence-electron chi connectivity index (χ1n) is 6.74. The quantitative estimate of drug-likeness (QED) is 0.533. The monoisotopic (exact) mass is 300 g/mol. The van der Waals surface area contributed by atoms with Gasteiger partial charge in [0.1, 0.15) is 12.5 Å². The average Bonchev–Trinajstić information content (AvgIpc) is 2.80. The van der Waals surface area contributed by atoms with Crippen molar-refractivity contribution in [1.29, 1.82) is 0 Å². The molecule has 0 radical (unpaired) electrons. The molecule has 0 bridgehead atoms. The summed E-state index contributed by atoms with van der Waals surface area (Å²) in [4.78, 5) is 11.9. The number of rotatable bonds is 8. The van der Waals surface area contributed by atoms with Crippen LogP contribution in [0.2, 0.25) is 0 Å². The second kappa shape index (κ2) is 7.99. The Hall–Kier alpha value is -1.60. The minimum atomic E-state index is -0.454. The van der Waals surface area contributed by atoms with Gasteiger partial charge in [-0.15, -0.1) is 0 Å². The van der Waals surface area contributed by atoms with Crippen molar-refractivity contribution < 1.29 is 23.7 Å². The summed E-state index contributed by atoms with van der Waals surface area (Å²) in [6, 6.07) is 1.74. The number of hydrogen-bond donors (Lipinski definition) is 0. The average molecular weight is 300 g/mol. The van der Waals surface area contributed by atoms with Gasteiger partial charge in [0.25, 0.3) is 0 Å². The van der Waals surface area contributed by atoms with Gasteiger partial charge in [-0.1, -0.05) is 13.8 Å². The maximum Gasteiger partial charge on any atom is 0.315 e. The van der Waals surface area contributed by atoms with E-state index in [1.807, 2.05) is 13.8 Å². The van der Waals surface area contributed by atoms with E-state index in [-0.39, 0.29) is 18.5 Å². The maximum atomic E-state index is 11.9. The summed E-state index contributed by atoms with van der Waals surface area (Å²) < 4.78 is 22.1. The smallest absolute Gasteiger partial charge is 0.315 e. The number of esters is 1.